The van der Waals surface area contributed by atoms with Crippen LogP contribution >= 0.6 is 12.4 Å². The maximum Gasteiger partial charge on any atom is 0.220 e. The van der Waals surface area contributed by atoms with Gasteiger partial charge in [-0.25, -0.2) is 4.39 Å². The number of rotatable bonds is 7. The second kappa shape index (κ2) is 9.89. The molecule has 1 aromatic rings. The number of benzene rings is 1. The van der Waals surface area contributed by atoms with Crippen molar-refractivity contribution in [1.82, 2.24) is 10.6 Å². The molecule has 130 valence electrons. The zero-order chi connectivity index (χ0) is 15.8. The molecule has 2 rings (SSSR count). The quantitative estimate of drug-likeness (QED) is 0.744. The summed E-state index contributed by atoms with van der Waals surface area (Å²) >= 11 is 0. The third-order valence-corrected chi connectivity index (χ3v) is 4.72. The van der Waals surface area contributed by atoms with E-state index in [4.69, 9.17) is 0 Å². The van der Waals surface area contributed by atoms with Crippen molar-refractivity contribution in [1.29, 1.82) is 0 Å². The van der Waals surface area contributed by atoms with E-state index in [0.29, 0.717) is 13.0 Å². The molecular formula is C18H28ClFN2O. The molecule has 0 radical (unpaired) electrons. The van der Waals surface area contributed by atoms with E-state index in [2.05, 4.69) is 10.6 Å². The Labute approximate surface area is 144 Å². The van der Waals surface area contributed by atoms with Crippen molar-refractivity contribution in [3.8, 4) is 0 Å². The molecule has 0 aliphatic heterocycles. The van der Waals surface area contributed by atoms with Crippen LogP contribution in [0.3, 0.4) is 0 Å². The van der Waals surface area contributed by atoms with Crippen molar-refractivity contribution in [2.75, 3.05) is 20.1 Å². The van der Waals surface area contributed by atoms with Gasteiger partial charge in [-0.05, 0) is 50.6 Å². The van der Waals surface area contributed by atoms with Gasteiger partial charge in [0.25, 0.3) is 0 Å². The van der Waals surface area contributed by atoms with Crippen LogP contribution < -0.4 is 10.6 Å². The average Bonchev–Trinajstić information content (AvgIpc) is 2.55. The van der Waals surface area contributed by atoms with Gasteiger partial charge in [0.1, 0.15) is 5.82 Å². The Morgan fingerprint density at radius 2 is 1.83 bits per heavy atom. The smallest absolute Gasteiger partial charge is 0.220 e. The molecule has 5 heteroatoms. The molecule has 0 heterocycles. The van der Waals surface area contributed by atoms with E-state index in [1.54, 1.807) is 0 Å². The van der Waals surface area contributed by atoms with Gasteiger partial charge in [-0.3, -0.25) is 4.79 Å². The molecule has 0 atom stereocenters. The standard InChI is InChI=1S/C18H27FN2O.ClH/c1-20-13-5-6-17(22)21-14-18(11-3-2-4-12-18)15-7-9-16(19)10-8-15;/h7-10,20H,2-6,11-14H2,1H3,(H,21,22);1H. The Morgan fingerprint density at radius 1 is 1.17 bits per heavy atom. The van der Waals surface area contributed by atoms with Gasteiger partial charge in [-0.2, -0.15) is 0 Å². The van der Waals surface area contributed by atoms with Gasteiger partial charge in [0, 0.05) is 18.4 Å². The number of hydrogen-bond donors (Lipinski definition) is 2. The summed E-state index contributed by atoms with van der Waals surface area (Å²) in [5.74, 6) is -0.0897. The molecule has 3 nitrogen and oxygen atoms in total. The maximum absolute atomic E-state index is 13.2. The Morgan fingerprint density at radius 3 is 2.43 bits per heavy atom. The summed E-state index contributed by atoms with van der Waals surface area (Å²) in [4.78, 5) is 12.0. The first-order valence-corrected chi connectivity index (χ1v) is 8.34. The van der Waals surface area contributed by atoms with E-state index in [9.17, 15) is 9.18 Å². The fraction of sp³-hybridized carbons (Fsp3) is 0.611. The van der Waals surface area contributed by atoms with Crippen molar-refractivity contribution >= 4 is 18.3 Å². The third-order valence-electron chi connectivity index (χ3n) is 4.72. The molecule has 0 spiro atoms. The van der Waals surface area contributed by atoms with Crippen LogP contribution in [-0.4, -0.2) is 26.0 Å². The lowest BCUT2D eigenvalue weighted by molar-refractivity contribution is -0.121. The molecule has 1 aliphatic rings. The van der Waals surface area contributed by atoms with E-state index in [1.165, 1.54) is 31.4 Å². The minimum absolute atomic E-state index is 0. The predicted octanol–water partition coefficient (Wildman–Crippen LogP) is 3.57. The molecule has 0 aromatic heterocycles. The molecule has 1 aromatic carbocycles. The fourth-order valence-electron chi connectivity index (χ4n) is 3.38. The third kappa shape index (κ3) is 5.78. The second-order valence-corrected chi connectivity index (χ2v) is 6.33. The molecule has 1 fully saturated rings. The molecule has 1 saturated carbocycles. The van der Waals surface area contributed by atoms with Gasteiger partial charge in [-0.15, -0.1) is 12.4 Å². The van der Waals surface area contributed by atoms with E-state index >= 15 is 0 Å². The summed E-state index contributed by atoms with van der Waals surface area (Å²) in [6, 6.07) is 6.82. The molecular weight excluding hydrogens is 315 g/mol. The monoisotopic (exact) mass is 342 g/mol. The first-order chi connectivity index (χ1) is 10.7. The number of hydrogen-bond acceptors (Lipinski definition) is 2. The van der Waals surface area contributed by atoms with Crippen LogP contribution in [0.5, 0.6) is 0 Å². The number of carbonyl (C=O) groups excluding carboxylic acids is 1. The number of halogens is 2. The molecule has 0 saturated heterocycles. The highest BCUT2D eigenvalue weighted by molar-refractivity contribution is 5.85. The minimum Gasteiger partial charge on any atom is -0.355 e. The first-order valence-electron chi connectivity index (χ1n) is 8.34. The minimum atomic E-state index is -0.203. The van der Waals surface area contributed by atoms with Crippen LogP contribution in [0.2, 0.25) is 0 Å². The van der Waals surface area contributed by atoms with Crippen LogP contribution in [0.1, 0.15) is 50.5 Å². The molecule has 0 bridgehead atoms. The molecule has 1 amide bonds. The highest BCUT2D eigenvalue weighted by Crippen LogP contribution is 2.39. The Bertz CT molecular complexity index is 472. The highest BCUT2D eigenvalue weighted by Gasteiger charge is 2.34. The number of nitrogens with one attached hydrogen (secondary N) is 2. The lowest BCUT2D eigenvalue weighted by Gasteiger charge is -2.38. The largest absolute Gasteiger partial charge is 0.355 e. The van der Waals surface area contributed by atoms with Crippen molar-refractivity contribution < 1.29 is 9.18 Å². The summed E-state index contributed by atoms with van der Waals surface area (Å²) in [5, 5.41) is 6.16. The van der Waals surface area contributed by atoms with Crippen molar-refractivity contribution in [3.05, 3.63) is 35.6 Å². The summed E-state index contributed by atoms with van der Waals surface area (Å²) in [6.45, 7) is 1.52. The van der Waals surface area contributed by atoms with Gasteiger partial charge >= 0.3 is 0 Å². The molecule has 1 aliphatic carbocycles. The van der Waals surface area contributed by atoms with E-state index in [1.807, 2.05) is 19.2 Å². The predicted molar refractivity (Wildman–Crippen MR) is 94.6 cm³/mol. The van der Waals surface area contributed by atoms with E-state index in [-0.39, 0.29) is 29.5 Å². The van der Waals surface area contributed by atoms with Gasteiger partial charge < -0.3 is 10.6 Å². The maximum atomic E-state index is 13.2. The van der Waals surface area contributed by atoms with Gasteiger partial charge in [0.15, 0.2) is 0 Å². The topological polar surface area (TPSA) is 41.1 Å². The zero-order valence-electron chi connectivity index (χ0n) is 13.9. The SMILES string of the molecule is CNCCCC(=O)NCC1(c2ccc(F)cc2)CCCCC1.Cl. The molecule has 2 N–H and O–H groups in total. The summed E-state index contributed by atoms with van der Waals surface area (Å²) in [6.07, 6.45) is 7.14. The second-order valence-electron chi connectivity index (χ2n) is 6.33. The average molecular weight is 343 g/mol. The number of amides is 1. The van der Waals surface area contributed by atoms with Gasteiger partial charge in [0.2, 0.25) is 5.91 Å². The van der Waals surface area contributed by atoms with Crippen LogP contribution in [0.4, 0.5) is 4.39 Å². The lowest BCUT2D eigenvalue weighted by Crippen LogP contribution is -2.42. The summed E-state index contributed by atoms with van der Waals surface area (Å²) < 4.78 is 13.2. The Kier molecular flexibility index (Phi) is 8.56. The normalized spacial score (nSPS) is 16.4. The highest BCUT2D eigenvalue weighted by atomic mass is 35.5. The molecule has 0 unspecified atom stereocenters. The van der Waals surface area contributed by atoms with E-state index in [0.717, 1.165) is 31.4 Å². The fourth-order valence-corrected chi connectivity index (χ4v) is 3.38. The van der Waals surface area contributed by atoms with Crippen LogP contribution in [-0.2, 0) is 10.2 Å². The summed E-state index contributed by atoms with van der Waals surface area (Å²) in [7, 11) is 1.89. The molecule has 23 heavy (non-hydrogen) atoms. The lowest BCUT2D eigenvalue weighted by atomic mass is 9.69. The van der Waals surface area contributed by atoms with Gasteiger partial charge in [0.05, 0.1) is 0 Å². The zero-order valence-corrected chi connectivity index (χ0v) is 14.7. The Balaban J connectivity index is 0.00000264. The number of carbonyl (C=O) groups is 1. The van der Waals surface area contributed by atoms with Crippen LogP contribution in [0.15, 0.2) is 24.3 Å². The van der Waals surface area contributed by atoms with Crippen LogP contribution in [0.25, 0.3) is 0 Å². The summed E-state index contributed by atoms with van der Waals surface area (Å²) in [5.41, 5.74) is 1.13. The van der Waals surface area contributed by atoms with Crippen molar-refractivity contribution in [2.45, 2.75) is 50.4 Å². The van der Waals surface area contributed by atoms with E-state index < -0.39 is 0 Å². The van der Waals surface area contributed by atoms with Crippen molar-refractivity contribution in [2.24, 2.45) is 0 Å². The first kappa shape index (κ1) is 19.9. The Hall–Kier alpha value is -1.13. The van der Waals surface area contributed by atoms with Crippen LogP contribution in [0, 0.1) is 5.82 Å². The van der Waals surface area contributed by atoms with Gasteiger partial charge in [-0.1, -0.05) is 31.4 Å². The van der Waals surface area contributed by atoms with Crippen molar-refractivity contribution in [3.63, 3.8) is 0 Å².